The standard InChI is InChI=1S/C18H25N3/c1-4-16(19)12-15-8-10-18(11-9-15)21(3)13-17-7-5-6-14(2)20-17/h5-11,16H,4,12-13,19H2,1-3H3. The smallest absolute Gasteiger partial charge is 0.0600 e. The summed E-state index contributed by atoms with van der Waals surface area (Å²) in [6.45, 7) is 4.96. The average Bonchev–Trinajstić information content (AvgIpc) is 2.47. The molecular weight excluding hydrogens is 258 g/mol. The Morgan fingerprint density at radius 2 is 1.86 bits per heavy atom. The van der Waals surface area contributed by atoms with Gasteiger partial charge in [0.1, 0.15) is 0 Å². The zero-order valence-electron chi connectivity index (χ0n) is 13.2. The summed E-state index contributed by atoms with van der Waals surface area (Å²) in [7, 11) is 2.09. The minimum atomic E-state index is 0.255. The van der Waals surface area contributed by atoms with Crippen molar-refractivity contribution < 1.29 is 0 Å². The highest BCUT2D eigenvalue weighted by Crippen LogP contribution is 2.17. The molecule has 1 unspecified atom stereocenters. The molecule has 0 radical (unpaired) electrons. The van der Waals surface area contributed by atoms with E-state index >= 15 is 0 Å². The molecule has 0 saturated carbocycles. The fourth-order valence-electron chi connectivity index (χ4n) is 2.36. The zero-order valence-corrected chi connectivity index (χ0v) is 13.2. The van der Waals surface area contributed by atoms with Crippen LogP contribution in [-0.4, -0.2) is 18.1 Å². The molecule has 3 heteroatoms. The molecule has 2 aromatic rings. The molecule has 2 N–H and O–H groups in total. The van der Waals surface area contributed by atoms with Gasteiger partial charge in [0.15, 0.2) is 0 Å². The van der Waals surface area contributed by atoms with E-state index < -0.39 is 0 Å². The predicted molar refractivity (Wildman–Crippen MR) is 89.5 cm³/mol. The Bertz CT molecular complexity index is 563. The van der Waals surface area contributed by atoms with E-state index in [-0.39, 0.29) is 6.04 Å². The van der Waals surface area contributed by atoms with Gasteiger partial charge in [0.2, 0.25) is 0 Å². The Hall–Kier alpha value is -1.87. The van der Waals surface area contributed by atoms with Crippen LogP contribution in [0.5, 0.6) is 0 Å². The number of pyridine rings is 1. The third-order valence-corrected chi connectivity index (χ3v) is 3.74. The Kier molecular flexibility index (Phi) is 5.34. The van der Waals surface area contributed by atoms with Crippen LogP contribution in [0.15, 0.2) is 42.5 Å². The monoisotopic (exact) mass is 283 g/mol. The largest absolute Gasteiger partial charge is 0.369 e. The van der Waals surface area contributed by atoms with Gasteiger partial charge in [-0.1, -0.05) is 25.1 Å². The first kappa shape index (κ1) is 15.5. The third kappa shape index (κ3) is 4.57. The first-order chi connectivity index (χ1) is 10.1. The molecule has 0 saturated heterocycles. The number of nitrogens with zero attached hydrogens (tertiary/aromatic N) is 2. The fourth-order valence-corrected chi connectivity index (χ4v) is 2.36. The highest BCUT2D eigenvalue weighted by atomic mass is 15.1. The maximum Gasteiger partial charge on any atom is 0.0600 e. The van der Waals surface area contributed by atoms with Crippen molar-refractivity contribution in [1.82, 2.24) is 4.98 Å². The summed E-state index contributed by atoms with van der Waals surface area (Å²) >= 11 is 0. The van der Waals surface area contributed by atoms with E-state index in [1.807, 2.05) is 13.0 Å². The van der Waals surface area contributed by atoms with E-state index in [9.17, 15) is 0 Å². The zero-order chi connectivity index (χ0) is 15.2. The molecule has 0 amide bonds. The molecule has 3 nitrogen and oxygen atoms in total. The van der Waals surface area contributed by atoms with Gasteiger partial charge in [0.25, 0.3) is 0 Å². The quantitative estimate of drug-likeness (QED) is 0.884. The molecule has 0 aliphatic rings. The van der Waals surface area contributed by atoms with Gasteiger partial charge in [-0.15, -0.1) is 0 Å². The normalized spacial score (nSPS) is 12.2. The lowest BCUT2D eigenvalue weighted by atomic mass is 10.0. The Morgan fingerprint density at radius 3 is 2.48 bits per heavy atom. The van der Waals surface area contributed by atoms with Crippen LogP contribution in [0.2, 0.25) is 0 Å². The Morgan fingerprint density at radius 1 is 1.14 bits per heavy atom. The molecule has 1 heterocycles. The van der Waals surface area contributed by atoms with Gasteiger partial charge in [-0.3, -0.25) is 4.98 Å². The molecule has 0 aliphatic carbocycles. The number of anilines is 1. The number of rotatable bonds is 6. The maximum atomic E-state index is 6.00. The van der Waals surface area contributed by atoms with Crippen LogP contribution in [0.25, 0.3) is 0 Å². The second-order valence-electron chi connectivity index (χ2n) is 5.67. The average molecular weight is 283 g/mol. The minimum Gasteiger partial charge on any atom is -0.369 e. The first-order valence-corrected chi connectivity index (χ1v) is 7.56. The van der Waals surface area contributed by atoms with E-state index in [4.69, 9.17) is 5.73 Å². The van der Waals surface area contributed by atoms with Gasteiger partial charge >= 0.3 is 0 Å². The van der Waals surface area contributed by atoms with Crippen molar-refractivity contribution in [3.8, 4) is 0 Å². The van der Waals surface area contributed by atoms with Crippen molar-refractivity contribution in [2.75, 3.05) is 11.9 Å². The van der Waals surface area contributed by atoms with Crippen molar-refractivity contribution in [3.63, 3.8) is 0 Å². The number of aryl methyl sites for hydroxylation is 1. The second-order valence-corrected chi connectivity index (χ2v) is 5.67. The molecule has 0 bridgehead atoms. The van der Waals surface area contributed by atoms with Crippen LogP contribution in [0.3, 0.4) is 0 Å². The molecule has 1 aromatic heterocycles. The Labute approximate surface area is 127 Å². The number of aromatic nitrogens is 1. The van der Waals surface area contributed by atoms with Crippen LogP contribution in [0.4, 0.5) is 5.69 Å². The lowest BCUT2D eigenvalue weighted by molar-refractivity contribution is 0.646. The van der Waals surface area contributed by atoms with Gasteiger partial charge in [-0.2, -0.15) is 0 Å². The van der Waals surface area contributed by atoms with Gasteiger partial charge in [-0.05, 0) is 49.6 Å². The van der Waals surface area contributed by atoms with Crippen molar-refractivity contribution in [1.29, 1.82) is 0 Å². The van der Waals surface area contributed by atoms with E-state index in [0.29, 0.717) is 0 Å². The molecular formula is C18H25N3. The Balaban J connectivity index is 2.01. The van der Waals surface area contributed by atoms with Gasteiger partial charge in [0.05, 0.1) is 12.2 Å². The highest BCUT2D eigenvalue weighted by Gasteiger charge is 2.05. The number of benzene rings is 1. The van der Waals surface area contributed by atoms with E-state index in [0.717, 1.165) is 30.8 Å². The van der Waals surface area contributed by atoms with Crippen molar-refractivity contribution in [3.05, 3.63) is 59.4 Å². The van der Waals surface area contributed by atoms with Crippen LogP contribution in [0, 0.1) is 6.92 Å². The first-order valence-electron chi connectivity index (χ1n) is 7.56. The van der Waals surface area contributed by atoms with E-state index in [1.54, 1.807) is 0 Å². The summed E-state index contributed by atoms with van der Waals surface area (Å²) in [6, 6.07) is 15.1. The molecule has 1 atom stereocenters. The summed E-state index contributed by atoms with van der Waals surface area (Å²) in [5.41, 5.74) is 10.7. The molecule has 1 aromatic carbocycles. The van der Waals surface area contributed by atoms with Crippen molar-refractivity contribution in [2.45, 2.75) is 39.3 Å². The lowest BCUT2D eigenvalue weighted by Crippen LogP contribution is -2.21. The number of hydrogen-bond donors (Lipinski definition) is 1. The fraction of sp³-hybridized carbons (Fsp3) is 0.389. The molecule has 0 spiro atoms. The summed E-state index contributed by atoms with van der Waals surface area (Å²) < 4.78 is 0. The van der Waals surface area contributed by atoms with Crippen LogP contribution >= 0.6 is 0 Å². The summed E-state index contributed by atoms with van der Waals surface area (Å²) in [4.78, 5) is 6.76. The topological polar surface area (TPSA) is 42.1 Å². The summed E-state index contributed by atoms with van der Waals surface area (Å²) in [5, 5.41) is 0. The molecule has 2 rings (SSSR count). The van der Waals surface area contributed by atoms with Crippen LogP contribution in [0.1, 0.15) is 30.3 Å². The van der Waals surface area contributed by atoms with Crippen LogP contribution in [-0.2, 0) is 13.0 Å². The molecule has 0 aliphatic heterocycles. The summed E-state index contributed by atoms with van der Waals surface area (Å²) in [5.74, 6) is 0. The van der Waals surface area contributed by atoms with Crippen molar-refractivity contribution >= 4 is 5.69 Å². The predicted octanol–water partition coefficient (Wildman–Crippen LogP) is 3.31. The van der Waals surface area contributed by atoms with Gasteiger partial charge in [-0.25, -0.2) is 0 Å². The molecule has 0 fully saturated rings. The van der Waals surface area contributed by atoms with E-state index in [1.165, 1.54) is 11.3 Å². The van der Waals surface area contributed by atoms with E-state index in [2.05, 4.69) is 60.3 Å². The minimum absolute atomic E-state index is 0.255. The molecule has 21 heavy (non-hydrogen) atoms. The number of hydrogen-bond acceptors (Lipinski definition) is 3. The van der Waals surface area contributed by atoms with Crippen LogP contribution < -0.4 is 10.6 Å². The van der Waals surface area contributed by atoms with Gasteiger partial charge in [0, 0.05) is 24.5 Å². The second kappa shape index (κ2) is 7.23. The van der Waals surface area contributed by atoms with Crippen molar-refractivity contribution in [2.24, 2.45) is 5.73 Å². The SMILES string of the molecule is CCC(N)Cc1ccc(N(C)Cc2cccc(C)n2)cc1. The number of nitrogens with two attached hydrogens (primary N) is 1. The molecule has 112 valence electrons. The third-order valence-electron chi connectivity index (χ3n) is 3.74. The highest BCUT2D eigenvalue weighted by molar-refractivity contribution is 5.47. The maximum absolute atomic E-state index is 6.00. The lowest BCUT2D eigenvalue weighted by Gasteiger charge is -2.19. The summed E-state index contributed by atoms with van der Waals surface area (Å²) in [6.07, 6.45) is 1.96. The van der Waals surface area contributed by atoms with Gasteiger partial charge < -0.3 is 10.6 Å².